The third-order valence-electron chi connectivity index (χ3n) is 18.1. The summed E-state index contributed by atoms with van der Waals surface area (Å²) < 4.78 is 23.0. The van der Waals surface area contributed by atoms with Crippen LogP contribution in [0.5, 0.6) is 5.75 Å². The number of amides is 9. The molecule has 3 aliphatic heterocycles. The minimum Gasteiger partial charge on any atom is -0.497 e. The van der Waals surface area contributed by atoms with Crippen LogP contribution in [0.2, 0.25) is 0 Å². The van der Waals surface area contributed by atoms with Gasteiger partial charge in [-0.05, 0) is 133 Å². The molecule has 532 valence electrons. The predicted molar refractivity (Wildman–Crippen MR) is 358 cm³/mol. The summed E-state index contributed by atoms with van der Waals surface area (Å²) in [6, 6.07) is 4.85. The van der Waals surface area contributed by atoms with E-state index >= 15 is 19.2 Å². The summed E-state index contributed by atoms with van der Waals surface area (Å²) in [4.78, 5) is 179. The number of ether oxygens (including phenoxy) is 4. The number of hydrogen-bond acceptors (Lipinski definition) is 16. The standard InChI is InChI=1S/C71H107N9O16/c1-18-43(8)50-32-33-57(81)95-60(42(6)7)59(82)44(9)61(83)74-52(36-40(2)3)66(88)80-35-23-27-54(80)68(90)78(16)56(39-48-28-30-49(93-17)31-29-48)69(91)94-46(11)58(64(86)73-50)76-63(85)55(37-41(4)5)77(15)67(89)53-26-22-34-79(53)65(87)45(10)72-62(84)51(38-47-24-20-19-21-25-47)75-70(92)96-71(12,13)14/h19-21,24-25,28-31,40-46,50-56,58,60H,18,22-23,26-27,32-39H2,1-17H3,(H,72,84)(H,73,86)(H,74,83)(H,75,92)(H,76,85)/t43-,44-,45-,46+,50-,51+,52-,53-,54-,55+,56-,58-,60-/m0/s1. The molecule has 0 aromatic heterocycles. The molecule has 0 aliphatic carbocycles. The summed E-state index contributed by atoms with van der Waals surface area (Å²) in [6.45, 7) is 24.0. The van der Waals surface area contributed by atoms with Gasteiger partial charge in [-0.3, -0.25) is 47.9 Å². The van der Waals surface area contributed by atoms with Crippen molar-refractivity contribution in [2.45, 2.75) is 240 Å². The van der Waals surface area contributed by atoms with Gasteiger partial charge in [0.2, 0.25) is 47.3 Å². The number of carbonyl (C=O) groups is 12. The number of nitrogens with zero attached hydrogens (tertiary/aromatic N) is 4. The number of methoxy groups -OCH3 is 1. The molecule has 0 bridgehead atoms. The molecule has 5 N–H and O–H groups in total. The van der Waals surface area contributed by atoms with Gasteiger partial charge in [-0.25, -0.2) is 9.59 Å². The molecule has 2 aromatic carbocycles. The van der Waals surface area contributed by atoms with Crippen molar-refractivity contribution < 1.29 is 76.5 Å². The van der Waals surface area contributed by atoms with E-state index in [9.17, 15) is 38.4 Å². The molecule has 3 heterocycles. The highest BCUT2D eigenvalue weighted by atomic mass is 16.6. The summed E-state index contributed by atoms with van der Waals surface area (Å²) >= 11 is 0. The van der Waals surface area contributed by atoms with Gasteiger partial charge in [-0.1, -0.05) is 104 Å². The first kappa shape index (κ1) is 78.6. The van der Waals surface area contributed by atoms with Gasteiger partial charge < -0.3 is 65.1 Å². The maximum atomic E-state index is 15.3. The van der Waals surface area contributed by atoms with Crippen LogP contribution in [-0.2, 0) is 79.8 Å². The van der Waals surface area contributed by atoms with E-state index in [0.717, 1.165) is 5.56 Å². The van der Waals surface area contributed by atoms with Gasteiger partial charge in [0.05, 0.1) is 13.0 Å². The molecule has 3 aliphatic rings. The van der Waals surface area contributed by atoms with Crippen molar-refractivity contribution in [2.75, 3.05) is 34.3 Å². The van der Waals surface area contributed by atoms with Crippen LogP contribution < -0.4 is 31.3 Å². The number of ketones is 1. The van der Waals surface area contributed by atoms with Gasteiger partial charge in [0.15, 0.2) is 11.9 Å². The Bertz CT molecular complexity index is 3040. The lowest BCUT2D eigenvalue weighted by atomic mass is 9.92. The average molecular weight is 1340 g/mol. The van der Waals surface area contributed by atoms with Gasteiger partial charge in [0.25, 0.3) is 0 Å². The van der Waals surface area contributed by atoms with E-state index in [1.807, 2.05) is 47.6 Å². The predicted octanol–water partition coefficient (Wildman–Crippen LogP) is 5.61. The number of carbonyl (C=O) groups excluding carboxylic acids is 12. The number of hydrogen-bond donors (Lipinski definition) is 5. The quantitative estimate of drug-likeness (QED) is 0.0612. The molecule has 3 fully saturated rings. The summed E-state index contributed by atoms with van der Waals surface area (Å²) in [7, 11) is 4.33. The number of rotatable bonds is 20. The normalized spacial score (nSPS) is 24.4. The molecule has 0 unspecified atom stereocenters. The number of esters is 2. The zero-order valence-corrected chi connectivity index (χ0v) is 59.4. The summed E-state index contributed by atoms with van der Waals surface area (Å²) in [5.74, 6) is -10.1. The number of benzene rings is 2. The highest BCUT2D eigenvalue weighted by Crippen LogP contribution is 2.28. The summed E-state index contributed by atoms with van der Waals surface area (Å²) in [5, 5.41) is 14.0. The number of likely N-dealkylation sites (tertiary alicyclic amines) is 1. The number of cyclic esters (lactones) is 2. The van der Waals surface area contributed by atoms with E-state index in [1.54, 1.807) is 83.1 Å². The van der Waals surface area contributed by atoms with Crippen LogP contribution in [-0.4, -0.2) is 197 Å². The van der Waals surface area contributed by atoms with Gasteiger partial charge in [0, 0.05) is 52.5 Å². The van der Waals surface area contributed by atoms with Crippen LogP contribution in [0, 0.1) is 29.6 Å². The Morgan fingerprint density at radius 2 is 1.41 bits per heavy atom. The third kappa shape index (κ3) is 22.0. The third-order valence-corrected chi connectivity index (χ3v) is 18.1. The zero-order chi connectivity index (χ0) is 71.6. The molecule has 25 nitrogen and oxygen atoms in total. The van der Waals surface area contributed by atoms with Crippen molar-refractivity contribution in [2.24, 2.45) is 29.6 Å². The van der Waals surface area contributed by atoms with Gasteiger partial charge in [0.1, 0.15) is 65.8 Å². The zero-order valence-electron chi connectivity index (χ0n) is 59.4. The molecule has 96 heavy (non-hydrogen) atoms. The molecule has 0 spiro atoms. The van der Waals surface area contributed by atoms with Crippen LogP contribution in [0.15, 0.2) is 54.6 Å². The van der Waals surface area contributed by atoms with Crippen molar-refractivity contribution in [1.29, 1.82) is 0 Å². The van der Waals surface area contributed by atoms with E-state index in [4.69, 9.17) is 18.9 Å². The highest BCUT2D eigenvalue weighted by molar-refractivity contribution is 6.05. The van der Waals surface area contributed by atoms with E-state index in [2.05, 4.69) is 26.6 Å². The molecule has 0 saturated carbocycles. The lowest BCUT2D eigenvalue weighted by Gasteiger charge is -2.36. The summed E-state index contributed by atoms with van der Waals surface area (Å²) in [6.07, 6.45) is -2.21. The monoisotopic (exact) mass is 1340 g/mol. The first-order valence-corrected chi connectivity index (χ1v) is 34.0. The molecule has 13 atom stereocenters. The molecule has 0 radical (unpaired) electrons. The van der Waals surface area contributed by atoms with Crippen LogP contribution in [0.1, 0.15) is 166 Å². The molecular formula is C71H107N9O16. The second-order valence-electron chi connectivity index (χ2n) is 28.2. The topological polar surface area (TPSA) is 315 Å². The Kier molecular flexibility index (Phi) is 29.3. The molecule has 9 amide bonds. The number of nitrogens with one attached hydrogen (secondary N) is 5. The number of fused-ring (bicyclic) bond motifs is 1. The Hall–Kier alpha value is -8.12. The van der Waals surface area contributed by atoms with Crippen molar-refractivity contribution in [1.82, 2.24) is 46.2 Å². The number of alkyl carbamates (subject to hydrolysis) is 1. The fraction of sp³-hybridized carbons (Fsp3) is 0.662. The second kappa shape index (κ2) is 35.7. The average Bonchev–Trinajstić information content (AvgIpc) is 1.48. The first-order valence-electron chi connectivity index (χ1n) is 34.0. The fourth-order valence-electron chi connectivity index (χ4n) is 12.3. The Morgan fingerprint density at radius 1 is 0.760 bits per heavy atom. The SMILES string of the molecule is CC[C@H](C)[C@@H]1CCC(=O)O[C@@H](C(C)C)C(=O)[C@H](C)C(=O)N[C@@H](CC(C)C)C(=O)N2CCC[C@H]2C(=O)N(C)[C@@H](Cc2ccc(OC)cc2)C(=O)O[C@H](C)[C@H](NC(=O)[C@@H](CC(C)C)N(C)C(=O)[C@@H]2CCCN2C(=O)[C@H](C)NC(=O)[C@@H](Cc2ccccc2)NC(=O)OC(C)(C)C)C(=O)N1. The largest absolute Gasteiger partial charge is 0.497 e. The van der Waals surface area contributed by atoms with Gasteiger partial charge in [-0.15, -0.1) is 0 Å². The first-order chi connectivity index (χ1) is 45.1. The molecule has 25 heteroatoms. The Balaban J connectivity index is 1.53. The Labute approximate surface area is 566 Å². The van der Waals surface area contributed by atoms with Gasteiger partial charge >= 0.3 is 18.0 Å². The van der Waals surface area contributed by atoms with Crippen molar-refractivity contribution in [3.05, 3.63) is 65.7 Å². The maximum Gasteiger partial charge on any atom is 0.408 e. The molecular weight excluding hydrogens is 1230 g/mol. The van der Waals surface area contributed by atoms with Crippen LogP contribution in [0.3, 0.4) is 0 Å². The van der Waals surface area contributed by atoms with Crippen molar-refractivity contribution in [3.8, 4) is 5.75 Å². The lowest BCUT2D eigenvalue weighted by Crippen LogP contribution is -2.61. The maximum absolute atomic E-state index is 15.3. The molecule has 5 rings (SSSR count). The van der Waals surface area contributed by atoms with Crippen LogP contribution in [0.25, 0.3) is 0 Å². The van der Waals surface area contributed by atoms with E-state index in [0.29, 0.717) is 30.6 Å². The van der Waals surface area contributed by atoms with Crippen LogP contribution >= 0.6 is 0 Å². The highest BCUT2D eigenvalue weighted by Gasteiger charge is 2.46. The number of likely N-dealkylation sites (N-methyl/N-ethyl adjacent to an activating group) is 2. The van der Waals surface area contributed by atoms with Crippen molar-refractivity contribution >= 4 is 71.1 Å². The lowest BCUT2D eigenvalue weighted by molar-refractivity contribution is -0.162. The van der Waals surface area contributed by atoms with Crippen molar-refractivity contribution in [3.63, 3.8) is 0 Å². The Morgan fingerprint density at radius 3 is 2.00 bits per heavy atom. The van der Waals surface area contributed by atoms with E-state index < -0.39 is 155 Å². The molecule has 3 saturated heterocycles. The smallest absolute Gasteiger partial charge is 0.408 e. The van der Waals surface area contributed by atoms with E-state index in [-0.39, 0.29) is 82.2 Å². The minimum absolute atomic E-state index is 0.0275. The summed E-state index contributed by atoms with van der Waals surface area (Å²) in [5.41, 5.74) is 0.434. The van der Waals surface area contributed by atoms with E-state index in [1.165, 1.54) is 61.6 Å². The molecule has 2 aromatic rings. The van der Waals surface area contributed by atoms with Gasteiger partial charge in [-0.2, -0.15) is 0 Å². The van der Waals surface area contributed by atoms with Crippen LogP contribution in [0.4, 0.5) is 4.79 Å². The fourth-order valence-corrected chi connectivity index (χ4v) is 12.3. The minimum atomic E-state index is -1.71. The number of Topliss-reactive ketones (excluding diaryl/α,β-unsaturated/α-hetero) is 1. The second-order valence-corrected chi connectivity index (χ2v) is 28.2.